The van der Waals surface area contributed by atoms with Gasteiger partial charge in [-0.1, -0.05) is 12.1 Å². The molecule has 1 amide bonds. The fourth-order valence-electron chi connectivity index (χ4n) is 3.29. The predicted octanol–water partition coefficient (Wildman–Crippen LogP) is 2.04. The Balaban J connectivity index is 1.70. The zero-order chi connectivity index (χ0) is 17.8. The molecule has 1 aromatic carbocycles. The van der Waals surface area contributed by atoms with E-state index in [1.54, 1.807) is 7.11 Å². The minimum atomic E-state index is -0.137. The van der Waals surface area contributed by atoms with Crippen LogP contribution in [-0.2, 0) is 11.2 Å². The van der Waals surface area contributed by atoms with E-state index in [4.69, 9.17) is 4.74 Å². The van der Waals surface area contributed by atoms with Crippen molar-refractivity contribution in [2.24, 2.45) is 0 Å². The van der Waals surface area contributed by atoms with Crippen LogP contribution in [0.2, 0.25) is 0 Å². The maximum Gasteiger partial charge on any atom is 0.251 e. The number of likely N-dealkylation sites (tertiary alicyclic amines) is 1. The molecule has 0 aliphatic carbocycles. The lowest BCUT2D eigenvalue weighted by atomic mass is 9.96. The molecule has 25 heavy (non-hydrogen) atoms. The summed E-state index contributed by atoms with van der Waals surface area (Å²) in [7, 11) is 1.62. The zero-order valence-electron chi connectivity index (χ0n) is 14.6. The van der Waals surface area contributed by atoms with Gasteiger partial charge in [0.2, 0.25) is 5.91 Å². The third-order valence-corrected chi connectivity index (χ3v) is 4.54. The molecule has 1 saturated heterocycles. The average Bonchev–Trinajstić information content (AvgIpc) is 2.61. The van der Waals surface area contributed by atoms with E-state index in [2.05, 4.69) is 9.97 Å². The van der Waals surface area contributed by atoms with Gasteiger partial charge < -0.3 is 14.6 Å². The lowest BCUT2D eigenvalue weighted by Crippen LogP contribution is -2.40. The van der Waals surface area contributed by atoms with Crippen molar-refractivity contribution in [2.45, 2.75) is 32.1 Å². The van der Waals surface area contributed by atoms with Crippen molar-refractivity contribution in [1.82, 2.24) is 14.9 Å². The molecular weight excluding hydrogens is 318 g/mol. The van der Waals surface area contributed by atoms with Crippen LogP contribution in [0.25, 0.3) is 0 Å². The molecule has 1 aliphatic rings. The molecule has 1 fully saturated rings. The number of benzene rings is 1. The van der Waals surface area contributed by atoms with Gasteiger partial charge in [-0.15, -0.1) is 0 Å². The number of aryl methyl sites for hydroxylation is 1. The lowest BCUT2D eigenvalue weighted by Gasteiger charge is -2.32. The van der Waals surface area contributed by atoms with Gasteiger partial charge in [-0.3, -0.25) is 9.59 Å². The molecule has 1 aromatic heterocycles. The van der Waals surface area contributed by atoms with E-state index in [0.29, 0.717) is 24.5 Å². The van der Waals surface area contributed by atoms with Crippen LogP contribution in [0.4, 0.5) is 0 Å². The minimum absolute atomic E-state index is 0.0793. The highest BCUT2D eigenvalue weighted by Crippen LogP contribution is 2.24. The van der Waals surface area contributed by atoms with Gasteiger partial charge in [0.25, 0.3) is 5.56 Å². The molecule has 3 rings (SSSR count). The number of ether oxygens (including phenoxy) is 1. The number of aromatic amines is 1. The summed E-state index contributed by atoms with van der Waals surface area (Å²) in [4.78, 5) is 33.5. The van der Waals surface area contributed by atoms with Gasteiger partial charge in [0.05, 0.1) is 13.5 Å². The average molecular weight is 341 g/mol. The summed E-state index contributed by atoms with van der Waals surface area (Å²) in [6.07, 6.45) is 2.18. The summed E-state index contributed by atoms with van der Waals surface area (Å²) in [5.74, 6) is 1.61. The summed E-state index contributed by atoms with van der Waals surface area (Å²) in [6.45, 7) is 3.15. The fourth-order valence-corrected chi connectivity index (χ4v) is 3.29. The van der Waals surface area contributed by atoms with E-state index < -0.39 is 0 Å². The van der Waals surface area contributed by atoms with Crippen LogP contribution in [0.5, 0.6) is 5.75 Å². The number of rotatable bonds is 4. The summed E-state index contributed by atoms with van der Waals surface area (Å²) in [5.41, 5.74) is 1.51. The molecule has 0 spiro atoms. The molecule has 0 unspecified atom stereocenters. The Hall–Kier alpha value is -2.63. The normalized spacial score (nSPS) is 17.4. The molecule has 1 aliphatic heterocycles. The summed E-state index contributed by atoms with van der Waals surface area (Å²) in [5, 5.41) is 0. The molecule has 2 heterocycles. The largest absolute Gasteiger partial charge is 0.497 e. The molecule has 6 heteroatoms. The number of carbonyl (C=O) groups excluding carboxylic acids is 1. The molecule has 1 N–H and O–H groups in total. The van der Waals surface area contributed by atoms with Crippen LogP contribution < -0.4 is 10.3 Å². The molecule has 0 saturated carbocycles. The quantitative estimate of drug-likeness (QED) is 0.923. The van der Waals surface area contributed by atoms with Crippen molar-refractivity contribution < 1.29 is 9.53 Å². The van der Waals surface area contributed by atoms with E-state index in [0.717, 1.165) is 30.7 Å². The number of nitrogens with zero attached hydrogens (tertiary/aromatic N) is 2. The van der Waals surface area contributed by atoms with Crippen molar-refractivity contribution in [3.05, 3.63) is 57.8 Å². The first kappa shape index (κ1) is 17.2. The zero-order valence-corrected chi connectivity index (χ0v) is 14.6. The topological polar surface area (TPSA) is 75.3 Å². The smallest absolute Gasteiger partial charge is 0.251 e. The monoisotopic (exact) mass is 341 g/mol. The van der Waals surface area contributed by atoms with Crippen LogP contribution in [0.3, 0.4) is 0 Å². The second-order valence-electron chi connectivity index (χ2n) is 6.48. The number of aromatic nitrogens is 2. The number of H-pyrrole nitrogens is 1. The maximum absolute atomic E-state index is 12.7. The van der Waals surface area contributed by atoms with Crippen LogP contribution in [0, 0.1) is 6.92 Å². The van der Waals surface area contributed by atoms with Crippen molar-refractivity contribution in [1.29, 1.82) is 0 Å². The predicted molar refractivity (Wildman–Crippen MR) is 94.8 cm³/mol. The van der Waals surface area contributed by atoms with Crippen LogP contribution >= 0.6 is 0 Å². The van der Waals surface area contributed by atoms with Gasteiger partial charge >= 0.3 is 0 Å². The standard InChI is InChI=1S/C19H23N3O3/c1-13-9-17(23)21-19(20-13)15-6-4-8-22(12-15)18(24)11-14-5-3-7-16(10-14)25-2/h3,5,7,9-10,15H,4,6,8,11-12H2,1-2H3,(H,20,21,23)/t15-/m0/s1. The van der Waals surface area contributed by atoms with Crippen molar-refractivity contribution in [3.63, 3.8) is 0 Å². The van der Waals surface area contributed by atoms with Gasteiger partial charge in [-0.2, -0.15) is 0 Å². The van der Waals surface area contributed by atoms with Crippen LogP contribution in [0.15, 0.2) is 35.1 Å². The number of hydrogen-bond acceptors (Lipinski definition) is 4. The van der Waals surface area contributed by atoms with Gasteiger partial charge in [0.1, 0.15) is 11.6 Å². The first-order valence-corrected chi connectivity index (χ1v) is 8.53. The summed E-state index contributed by atoms with van der Waals surface area (Å²) >= 11 is 0. The Bertz CT molecular complexity index is 816. The molecule has 6 nitrogen and oxygen atoms in total. The van der Waals surface area contributed by atoms with E-state index in [1.165, 1.54) is 6.07 Å². The molecular formula is C19H23N3O3. The number of piperidine rings is 1. The number of hydrogen-bond donors (Lipinski definition) is 1. The second kappa shape index (κ2) is 7.51. The molecule has 2 aromatic rings. The van der Waals surface area contributed by atoms with E-state index in [1.807, 2.05) is 36.1 Å². The Labute approximate surface area is 146 Å². The highest BCUT2D eigenvalue weighted by molar-refractivity contribution is 5.79. The Kier molecular flexibility index (Phi) is 5.16. The van der Waals surface area contributed by atoms with E-state index in [9.17, 15) is 9.59 Å². The number of amides is 1. The Morgan fingerprint density at radius 3 is 3.00 bits per heavy atom. The first-order chi connectivity index (χ1) is 12.0. The third kappa shape index (κ3) is 4.26. The van der Waals surface area contributed by atoms with Crippen molar-refractivity contribution in [2.75, 3.05) is 20.2 Å². The highest BCUT2D eigenvalue weighted by atomic mass is 16.5. The first-order valence-electron chi connectivity index (χ1n) is 8.53. The number of nitrogens with one attached hydrogen (secondary N) is 1. The van der Waals surface area contributed by atoms with Gasteiger partial charge in [-0.25, -0.2) is 4.98 Å². The van der Waals surface area contributed by atoms with Crippen LogP contribution in [0.1, 0.15) is 35.8 Å². The summed E-state index contributed by atoms with van der Waals surface area (Å²) in [6, 6.07) is 9.06. The highest BCUT2D eigenvalue weighted by Gasteiger charge is 2.26. The fraction of sp³-hybridized carbons (Fsp3) is 0.421. The van der Waals surface area contributed by atoms with Crippen molar-refractivity contribution >= 4 is 5.91 Å². The Morgan fingerprint density at radius 2 is 2.24 bits per heavy atom. The Morgan fingerprint density at radius 1 is 1.40 bits per heavy atom. The minimum Gasteiger partial charge on any atom is -0.497 e. The molecule has 0 bridgehead atoms. The lowest BCUT2D eigenvalue weighted by molar-refractivity contribution is -0.131. The molecule has 0 radical (unpaired) electrons. The van der Waals surface area contributed by atoms with Gasteiger partial charge in [0, 0.05) is 30.8 Å². The van der Waals surface area contributed by atoms with Crippen molar-refractivity contribution in [3.8, 4) is 5.75 Å². The SMILES string of the molecule is COc1cccc(CC(=O)N2CCC[C@H](c3nc(C)cc(=O)[nH]3)C2)c1. The number of carbonyl (C=O) groups is 1. The molecule has 1 atom stereocenters. The molecule has 132 valence electrons. The van der Waals surface area contributed by atoms with Gasteiger partial charge in [0.15, 0.2) is 0 Å². The van der Waals surface area contributed by atoms with Crippen LogP contribution in [-0.4, -0.2) is 41.0 Å². The third-order valence-electron chi connectivity index (χ3n) is 4.54. The second-order valence-corrected chi connectivity index (χ2v) is 6.48. The van der Waals surface area contributed by atoms with Gasteiger partial charge in [-0.05, 0) is 37.5 Å². The van der Waals surface area contributed by atoms with E-state index >= 15 is 0 Å². The van der Waals surface area contributed by atoms with E-state index in [-0.39, 0.29) is 17.4 Å². The number of methoxy groups -OCH3 is 1. The summed E-state index contributed by atoms with van der Waals surface area (Å²) < 4.78 is 5.21. The maximum atomic E-state index is 12.7.